The van der Waals surface area contributed by atoms with Crippen molar-refractivity contribution in [2.45, 2.75) is 12.8 Å². The van der Waals surface area contributed by atoms with Gasteiger partial charge in [0.25, 0.3) is 11.8 Å². The number of nitrogens with one attached hydrogen (secondary N) is 1. The smallest absolute Gasteiger partial charge is 0.270 e. The number of benzene rings is 2. The molecule has 2 aromatic carbocycles. The minimum absolute atomic E-state index is 0.0185. The van der Waals surface area contributed by atoms with Gasteiger partial charge in [-0.1, -0.05) is 17.7 Å². The summed E-state index contributed by atoms with van der Waals surface area (Å²) in [7, 11) is 0. The van der Waals surface area contributed by atoms with Crippen LogP contribution in [-0.4, -0.2) is 30.0 Å². The van der Waals surface area contributed by atoms with Crippen molar-refractivity contribution in [1.82, 2.24) is 5.32 Å². The molecule has 0 radical (unpaired) electrons. The highest BCUT2D eigenvalue weighted by Gasteiger charge is 2.34. The van der Waals surface area contributed by atoms with E-state index in [4.69, 9.17) is 23.8 Å². The predicted molar refractivity (Wildman–Crippen MR) is 116 cm³/mol. The van der Waals surface area contributed by atoms with Gasteiger partial charge in [-0.2, -0.15) is 0 Å². The number of rotatable bonds is 3. The van der Waals surface area contributed by atoms with Gasteiger partial charge in [0.1, 0.15) is 11.4 Å². The molecule has 2 aliphatic rings. The van der Waals surface area contributed by atoms with Crippen LogP contribution in [0.25, 0.3) is 6.08 Å². The molecule has 0 aliphatic carbocycles. The molecule has 2 aromatic rings. The lowest BCUT2D eigenvalue weighted by molar-refractivity contribution is -0.122. The standard InChI is InChI=1S/C21H17ClFN3O2S/c22-14-4-6-15(7-5-14)26-20(28)16(19(27)24-21(26)29)11-13-3-8-18(17(23)12-13)25-9-1-2-10-25/h3-8,11-12H,1-2,9-10H2,(H,24,27,29)/b16-11+. The Balaban J connectivity index is 1.65. The van der Waals surface area contributed by atoms with Crippen LogP contribution in [-0.2, 0) is 9.59 Å². The number of amides is 2. The molecule has 0 saturated carbocycles. The fraction of sp³-hybridized carbons (Fsp3) is 0.190. The second kappa shape index (κ2) is 7.93. The van der Waals surface area contributed by atoms with Gasteiger partial charge in [-0.15, -0.1) is 0 Å². The van der Waals surface area contributed by atoms with Crippen LogP contribution >= 0.6 is 23.8 Å². The third-order valence-corrected chi connectivity index (χ3v) is 5.45. The van der Waals surface area contributed by atoms with Crippen LogP contribution in [0.3, 0.4) is 0 Å². The Bertz CT molecular complexity index is 1030. The molecule has 1 N–H and O–H groups in total. The second-order valence-electron chi connectivity index (χ2n) is 6.84. The van der Waals surface area contributed by atoms with Gasteiger partial charge < -0.3 is 4.90 Å². The summed E-state index contributed by atoms with van der Waals surface area (Å²) in [6.45, 7) is 1.65. The molecule has 4 rings (SSSR count). The molecule has 0 aromatic heterocycles. The summed E-state index contributed by atoms with van der Waals surface area (Å²) in [6, 6.07) is 11.2. The van der Waals surface area contributed by atoms with E-state index in [0.717, 1.165) is 25.9 Å². The normalized spacial score (nSPS) is 18.6. The van der Waals surface area contributed by atoms with Crippen molar-refractivity contribution in [3.8, 4) is 0 Å². The van der Waals surface area contributed by atoms with E-state index < -0.39 is 11.8 Å². The zero-order valence-corrected chi connectivity index (χ0v) is 16.9. The molecule has 8 heteroatoms. The zero-order chi connectivity index (χ0) is 20.5. The molecular weight excluding hydrogens is 413 g/mol. The van der Waals surface area contributed by atoms with E-state index in [1.165, 1.54) is 17.0 Å². The highest BCUT2D eigenvalue weighted by Crippen LogP contribution is 2.27. The molecule has 0 unspecified atom stereocenters. The molecule has 2 fully saturated rings. The topological polar surface area (TPSA) is 52.7 Å². The van der Waals surface area contributed by atoms with Gasteiger partial charge in [-0.25, -0.2) is 4.39 Å². The first-order valence-corrected chi connectivity index (χ1v) is 9.94. The van der Waals surface area contributed by atoms with E-state index in [9.17, 15) is 14.0 Å². The summed E-state index contributed by atoms with van der Waals surface area (Å²) < 4.78 is 14.6. The summed E-state index contributed by atoms with van der Waals surface area (Å²) >= 11 is 11.1. The van der Waals surface area contributed by atoms with E-state index in [1.807, 2.05) is 4.90 Å². The maximum Gasteiger partial charge on any atom is 0.270 e. The van der Waals surface area contributed by atoms with E-state index >= 15 is 0 Å². The molecule has 0 atom stereocenters. The Morgan fingerprint density at radius 3 is 2.41 bits per heavy atom. The summed E-state index contributed by atoms with van der Waals surface area (Å²) in [5, 5.41) is 3.00. The molecule has 29 heavy (non-hydrogen) atoms. The first-order valence-electron chi connectivity index (χ1n) is 9.15. The number of halogens is 2. The maximum atomic E-state index is 14.6. The van der Waals surface area contributed by atoms with Crippen molar-refractivity contribution in [3.05, 3.63) is 64.4 Å². The summed E-state index contributed by atoms with van der Waals surface area (Å²) in [6.07, 6.45) is 3.46. The summed E-state index contributed by atoms with van der Waals surface area (Å²) in [5.41, 5.74) is 1.31. The lowest BCUT2D eigenvalue weighted by Gasteiger charge is -2.29. The zero-order valence-electron chi connectivity index (χ0n) is 15.3. The minimum atomic E-state index is -0.616. The van der Waals surface area contributed by atoms with Crippen molar-refractivity contribution in [2.24, 2.45) is 0 Å². The second-order valence-corrected chi connectivity index (χ2v) is 7.66. The maximum absolute atomic E-state index is 14.6. The number of thiocarbonyl (C=S) groups is 1. The van der Waals surface area contributed by atoms with Crippen LogP contribution in [0.1, 0.15) is 18.4 Å². The largest absolute Gasteiger partial charge is 0.369 e. The average molecular weight is 430 g/mol. The van der Waals surface area contributed by atoms with Gasteiger partial charge in [0.05, 0.1) is 11.4 Å². The molecule has 2 saturated heterocycles. The lowest BCUT2D eigenvalue weighted by atomic mass is 10.1. The Morgan fingerprint density at radius 1 is 1.07 bits per heavy atom. The number of nitrogens with zero attached hydrogens (tertiary/aromatic N) is 2. The third kappa shape index (κ3) is 3.88. The first kappa shape index (κ1) is 19.5. The van der Waals surface area contributed by atoms with Crippen LogP contribution in [0, 0.1) is 5.82 Å². The van der Waals surface area contributed by atoms with Crippen LogP contribution in [0.15, 0.2) is 48.0 Å². The van der Waals surface area contributed by atoms with Crippen molar-refractivity contribution in [3.63, 3.8) is 0 Å². The monoisotopic (exact) mass is 429 g/mol. The molecule has 0 bridgehead atoms. The van der Waals surface area contributed by atoms with Gasteiger partial charge in [-0.05, 0) is 73.1 Å². The molecule has 0 spiro atoms. The number of carbonyl (C=O) groups excluding carboxylic acids is 2. The van der Waals surface area contributed by atoms with E-state index in [-0.39, 0.29) is 16.5 Å². The van der Waals surface area contributed by atoms with Crippen molar-refractivity contribution < 1.29 is 14.0 Å². The summed E-state index contributed by atoms with van der Waals surface area (Å²) in [4.78, 5) is 28.6. The number of hydrogen-bond donors (Lipinski definition) is 1. The van der Waals surface area contributed by atoms with Crippen molar-refractivity contribution in [2.75, 3.05) is 22.9 Å². The predicted octanol–water partition coefficient (Wildman–Crippen LogP) is 3.91. The fourth-order valence-corrected chi connectivity index (χ4v) is 3.88. The SMILES string of the molecule is O=C1NC(=S)N(c2ccc(Cl)cc2)C(=O)/C1=C/c1ccc(N2CCCC2)c(F)c1. The average Bonchev–Trinajstić information content (AvgIpc) is 3.21. The highest BCUT2D eigenvalue weighted by molar-refractivity contribution is 7.80. The first-order chi connectivity index (χ1) is 13.9. The molecule has 2 amide bonds. The number of carbonyl (C=O) groups is 2. The Labute approximate surface area is 177 Å². The lowest BCUT2D eigenvalue weighted by Crippen LogP contribution is -2.54. The third-order valence-electron chi connectivity index (χ3n) is 4.92. The molecule has 148 valence electrons. The van der Waals surface area contributed by atoms with Gasteiger partial charge in [0, 0.05) is 18.1 Å². The fourth-order valence-electron chi connectivity index (χ4n) is 3.48. The Morgan fingerprint density at radius 2 is 1.76 bits per heavy atom. The minimum Gasteiger partial charge on any atom is -0.369 e. The van der Waals surface area contributed by atoms with Gasteiger partial charge >= 0.3 is 0 Å². The van der Waals surface area contributed by atoms with Crippen LogP contribution < -0.4 is 15.1 Å². The van der Waals surface area contributed by atoms with Gasteiger partial charge in [-0.3, -0.25) is 19.8 Å². The van der Waals surface area contributed by atoms with E-state index in [2.05, 4.69) is 5.32 Å². The van der Waals surface area contributed by atoms with Crippen molar-refractivity contribution in [1.29, 1.82) is 0 Å². The van der Waals surface area contributed by atoms with Crippen LogP contribution in [0.5, 0.6) is 0 Å². The molecule has 5 nitrogen and oxygen atoms in total. The van der Waals surface area contributed by atoms with Gasteiger partial charge in [0.15, 0.2) is 5.11 Å². The Kier molecular flexibility index (Phi) is 5.34. The van der Waals surface area contributed by atoms with Crippen LogP contribution in [0.4, 0.5) is 15.8 Å². The molecular formula is C21H17ClFN3O2S. The molecule has 2 heterocycles. The Hall–Kier alpha value is -2.77. The number of anilines is 2. The van der Waals surface area contributed by atoms with E-state index in [0.29, 0.717) is 22.0 Å². The van der Waals surface area contributed by atoms with Crippen LogP contribution in [0.2, 0.25) is 5.02 Å². The van der Waals surface area contributed by atoms with Gasteiger partial charge in [0.2, 0.25) is 0 Å². The quantitative estimate of drug-likeness (QED) is 0.456. The molecule has 2 aliphatic heterocycles. The summed E-state index contributed by atoms with van der Waals surface area (Å²) in [5.74, 6) is -1.57. The van der Waals surface area contributed by atoms with Crippen molar-refractivity contribution >= 4 is 58.2 Å². The van der Waals surface area contributed by atoms with E-state index in [1.54, 1.807) is 36.4 Å². The number of hydrogen-bond acceptors (Lipinski definition) is 4. The highest BCUT2D eigenvalue weighted by atomic mass is 35.5.